The average Bonchev–Trinajstić information content (AvgIpc) is 2.64. The molecule has 1 amide bonds. The Balaban J connectivity index is 1.78. The number of ether oxygens (including phenoxy) is 2. The highest BCUT2D eigenvalue weighted by molar-refractivity contribution is 5.81. The van der Waals surface area contributed by atoms with Gasteiger partial charge < -0.3 is 14.8 Å². The first kappa shape index (κ1) is 20.7. The third kappa shape index (κ3) is 6.27. The molecule has 0 fully saturated rings. The van der Waals surface area contributed by atoms with Crippen LogP contribution < -0.4 is 14.8 Å². The van der Waals surface area contributed by atoms with Gasteiger partial charge in [0.1, 0.15) is 12.4 Å². The van der Waals surface area contributed by atoms with Crippen LogP contribution in [-0.2, 0) is 10.2 Å². The molecular formula is C22H28FNO3. The van der Waals surface area contributed by atoms with Crippen molar-refractivity contribution in [2.45, 2.75) is 45.6 Å². The van der Waals surface area contributed by atoms with Gasteiger partial charge in [0.2, 0.25) is 0 Å². The molecule has 0 aliphatic carbocycles. The number of rotatable bonds is 8. The van der Waals surface area contributed by atoms with Crippen LogP contribution in [0.3, 0.4) is 0 Å². The van der Waals surface area contributed by atoms with E-state index in [1.807, 2.05) is 31.2 Å². The summed E-state index contributed by atoms with van der Waals surface area (Å²) in [4.78, 5) is 12.2. The molecule has 0 saturated heterocycles. The van der Waals surface area contributed by atoms with Crippen molar-refractivity contribution in [3.63, 3.8) is 0 Å². The fourth-order valence-electron chi connectivity index (χ4n) is 2.52. The van der Waals surface area contributed by atoms with Crippen molar-refractivity contribution in [2.24, 2.45) is 0 Å². The summed E-state index contributed by atoms with van der Waals surface area (Å²) in [5.41, 5.74) is 1.33. The Kier molecular flexibility index (Phi) is 7.22. The van der Waals surface area contributed by atoms with E-state index < -0.39 is 11.9 Å². The van der Waals surface area contributed by atoms with Crippen molar-refractivity contribution < 1.29 is 18.7 Å². The lowest BCUT2D eigenvalue weighted by Gasteiger charge is -2.19. The summed E-state index contributed by atoms with van der Waals surface area (Å²) in [5, 5.41) is 2.77. The SMILES string of the molecule is CC[C@H](Oc1ccccc1F)C(=O)NCCOc1ccc(C(C)(C)C)cc1. The number of hydrogen-bond donors (Lipinski definition) is 1. The number of hydrogen-bond acceptors (Lipinski definition) is 3. The van der Waals surface area contributed by atoms with Gasteiger partial charge in [-0.15, -0.1) is 0 Å². The van der Waals surface area contributed by atoms with Gasteiger partial charge in [0, 0.05) is 0 Å². The molecule has 0 radical (unpaired) electrons. The highest BCUT2D eigenvalue weighted by Gasteiger charge is 2.19. The molecule has 1 N–H and O–H groups in total. The molecule has 0 aliphatic heterocycles. The zero-order chi connectivity index (χ0) is 19.9. The molecule has 0 heterocycles. The van der Waals surface area contributed by atoms with Gasteiger partial charge in [-0.1, -0.05) is 52.0 Å². The Morgan fingerprint density at radius 2 is 1.78 bits per heavy atom. The maximum Gasteiger partial charge on any atom is 0.261 e. The smallest absolute Gasteiger partial charge is 0.261 e. The topological polar surface area (TPSA) is 47.6 Å². The van der Waals surface area contributed by atoms with Crippen molar-refractivity contribution in [3.05, 3.63) is 59.9 Å². The predicted molar refractivity (Wildman–Crippen MR) is 105 cm³/mol. The van der Waals surface area contributed by atoms with Gasteiger partial charge in [0.25, 0.3) is 5.91 Å². The first-order chi connectivity index (χ1) is 12.8. The third-order valence-electron chi connectivity index (χ3n) is 4.16. The van der Waals surface area contributed by atoms with E-state index in [0.29, 0.717) is 19.6 Å². The first-order valence-electron chi connectivity index (χ1n) is 9.23. The molecule has 5 heteroatoms. The van der Waals surface area contributed by atoms with Crippen molar-refractivity contribution >= 4 is 5.91 Å². The molecule has 0 spiro atoms. The highest BCUT2D eigenvalue weighted by atomic mass is 19.1. The van der Waals surface area contributed by atoms with Crippen molar-refractivity contribution in [1.29, 1.82) is 0 Å². The number of carbonyl (C=O) groups is 1. The quantitative estimate of drug-likeness (QED) is 0.694. The first-order valence-corrected chi connectivity index (χ1v) is 9.23. The highest BCUT2D eigenvalue weighted by Crippen LogP contribution is 2.24. The Labute approximate surface area is 160 Å². The summed E-state index contributed by atoms with van der Waals surface area (Å²) >= 11 is 0. The van der Waals surface area contributed by atoms with Crippen LogP contribution >= 0.6 is 0 Å². The Bertz CT molecular complexity index is 738. The Morgan fingerprint density at radius 1 is 1.11 bits per heavy atom. The minimum Gasteiger partial charge on any atom is -0.492 e. The molecule has 0 aliphatic rings. The van der Waals surface area contributed by atoms with Crippen LogP contribution in [0, 0.1) is 5.82 Å². The second-order valence-corrected chi connectivity index (χ2v) is 7.36. The van der Waals surface area contributed by atoms with E-state index in [0.717, 1.165) is 5.75 Å². The van der Waals surface area contributed by atoms with Gasteiger partial charge in [-0.2, -0.15) is 0 Å². The average molecular weight is 373 g/mol. The van der Waals surface area contributed by atoms with E-state index in [-0.39, 0.29) is 17.1 Å². The molecule has 146 valence electrons. The predicted octanol–water partition coefficient (Wildman–Crippen LogP) is 4.48. The molecular weight excluding hydrogens is 345 g/mol. The maximum absolute atomic E-state index is 13.7. The van der Waals surface area contributed by atoms with Crippen LogP contribution in [-0.4, -0.2) is 25.2 Å². The maximum atomic E-state index is 13.7. The number of amides is 1. The Hall–Kier alpha value is -2.56. The molecule has 0 saturated carbocycles. The zero-order valence-corrected chi connectivity index (χ0v) is 16.4. The fourth-order valence-corrected chi connectivity index (χ4v) is 2.52. The number of carbonyl (C=O) groups excluding carboxylic acids is 1. The van der Waals surface area contributed by atoms with Crippen molar-refractivity contribution in [2.75, 3.05) is 13.2 Å². The second kappa shape index (κ2) is 9.40. The van der Waals surface area contributed by atoms with E-state index >= 15 is 0 Å². The van der Waals surface area contributed by atoms with E-state index in [4.69, 9.17) is 9.47 Å². The summed E-state index contributed by atoms with van der Waals surface area (Å²) < 4.78 is 24.8. The summed E-state index contributed by atoms with van der Waals surface area (Å²) in [6.45, 7) is 8.98. The van der Waals surface area contributed by atoms with Gasteiger partial charge in [-0.3, -0.25) is 4.79 Å². The van der Waals surface area contributed by atoms with Crippen LogP contribution in [0.4, 0.5) is 4.39 Å². The van der Waals surface area contributed by atoms with Crippen LogP contribution in [0.5, 0.6) is 11.5 Å². The minimum atomic E-state index is -0.743. The molecule has 1 atom stereocenters. The second-order valence-electron chi connectivity index (χ2n) is 7.36. The van der Waals surface area contributed by atoms with Crippen molar-refractivity contribution in [1.82, 2.24) is 5.32 Å². The standard InChI is InChI=1S/C22H28FNO3/c1-5-19(27-20-9-7-6-8-18(20)23)21(25)24-14-15-26-17-12-10-16(11-13-17)22(2,3)4/h6-13,19H,5,14-15H2,1-4H3,(H,24,25)/t19-/m0/s1. The number of nitrogens with one attached hydrogen (secondary N) is 1. The minimum absolute atomic E-state index is 0.0784. The number of para-hydroxylation sites is 1. The molecule has 2 rings (SSSR count). The lowest BCUT2D eigenvalue weighted by Crippen LogP contribution is -2.39. The Morgan fingerprint density at radius 3 is 2.37 bits per heavy atom. The molecule has 0 aromatic heterocycles. The molecule has 27 heavy (non-hydrogen) atoms. The third-order valence-corrected chi connectivity index (χ3v) is 4.16. The summed E-state index contributed by atoms with van der Waals surface area (Å²) in [6, 6.07) is 14.0. The summed E-state index contributed by atoms with van der Waals surface area (Å²) in [6.07, 6.45) is -0.303. The normalized spacial score (nSPS) is 12.3. The van der Waals surface area contributed by atoms with Gasteiger partial charge in [0.15, 0.2) is 17.7 Å². The fraction of sp³-hybridized carbons (Fsp3) is 0.409. The lowest BCUT2D eigenvalue weighted by molar-refractivity contribution is -0.128. The van der Waals surface area contributed by atoms with E-state index in [1.54, 1.807) is 12.1 Å². The molecule has 2 aromatic rings. The summed E-state index contributed by atoms with van der Waals surface area (Å²) in [5.74, 6) is 0.0693. The van der Waals surface area contributed by atoms with E-state index in [1.165, 1.54) is 17.7 Å². The number of halogens is 1. The van der Waals surface area contributed by atoms with E-state index in [9.17, 15) is 9.18 Å². The van der Waals surface area contributed by atoms with Gasteiger partial charge in [-0.25, -0.2) is 4.39 Å². The molecule has 4 nitrogen and oxygen atoms in total. The monoisotopic (exact) mass is 373 g/mol. The molecule has 2 aromatic carbocycles. The lowest BCUT2D eigenvalue weighted by atomic mass is 9.87. The van der Waals surface area contributed by atoms with Crippen LogP contribution in [0.15, 0.2) is 48.5 Å². The van der Waals surface area contributed by atoms with E-state index in [2.05, 4.69) is 26.1 Å². The van der Waals surface area contributed by atoms with Gasteiger partial charge in [-0.05, 0) is 41.7 Å². The summed E-state index contributed by atoms with van der Waals surface area (Å²) in [7, 11) is 0. The molecule has 0 unspecified atom stereocenters. The molecule has 0 bridgehead atoms. The van der Waals surface area contributed by atoms with Crippen LogP contribution in [0.25, 0.3) is 0 Å². The largest absolute Gasteiger partial charge is 0.492 e. The zero-order valence-electron chi connectivity index (χ0n) is 16.4. The van der Waals surface area contributed by atoms with Crippen molar-refractivity contribution in [3.8, 4) is 11.5 Å². The van der Waals surface area contributed by atoms with Crippen LogP contribution in [0.1, 0.15) is 39.7 Å². The van der Waals surface area contributed by atoms with Crippen LogP contribution in [0.2, 0.25) is 0 Å². The van der Waals surface area contributed by atoms with Gasteiger partial charge in [0.05, 0.1) is 6.54 Å². The number of benzene rings is 2. The van der Waals surface area contributed by atoms with Gasteiger partial charge >= 0.3 is 0 Å².